The fraction of sp³-hybridized carbons (Fsp3) is 0.938. The summed E-state index contributed by atoms with van der Waals surface area (Å²) in [6.07, 6.45) is 17.5. The second-order valence-corrected chi connectivity index (χ2v) is 5.48. The van der Waals surface area contributed by atoms with Gasteiger partial charge in [-0.25, -0.2) is 0 Å². The second-order valence-electron chi connectivity index (χ2n) is 5.48. The summed E-state index contributed by atoms with van der Waals surface area (Å²) in [5.74, 6) is -0.289. The van der Waals surface area contributed by atoms with E-state index in [1.165, 1.54) is 70.6 Å². The Hall–Kier alpha value is 0.275. The number of hydrogen-bond acceptors (Lipinski definition) is 2. The smallest absolute Gasteiger partial charge is 0.378 e. The molecule has 0 rings (SSSR count). The van der Waals surface area contributed by atoms with Gasteiger partial charge in [-0.1, -0.05) is 84.0 Å². The molecule has 0 aromatic carbocycles. The van der Waals surface area contributed by atoms with Crippen LogP contribution in [-0.2, 0) is 31.8 Å². The number of carbonyl (C=O) groups excluding carboxylic acids is 1. The Kier molecular flexibility index (Phi) is 21.7. The zero-order valence-electron chi connectivity index (χ0n) is 13.1. The molecule has 0 spiro atoms. The zero-order chi connectivity index (χ0) is 14.2. The zero-order valence-corrected chi connectivity index (χ0v) is 14.6. The molecule has 0 atom stereocenters. The molecule has 0 aliphatic carbocycles. The fourth-order valence-electron chi connectivity index (χ4n) is 2.35. The molecular weight excluding hydrogens is 343 g/mol. The first-order valence-corrected chi connectivity index (χ1v) is 8.20. The molecule has 0 heterocycles. The molecule has 0 amide bonds. The summed E-state index contributed by atoms with van der Waals surface area (Å²) < 4.78 is 4.12. The normalized spacial score (nSPS) is 10.1. The first-order chi connectivity index (χ1) is 9.31. The van der Waals surface area contributed by atoms with E-state index in [-0.39, 0.29) is 28.3 Å². The van der Waals surface area contributed by atoms with E-state index < -0.39 is 0 Å². The maximum atomic E-state index is 10.8. The third kappa shape index (κ3) is 18.3. The van der Waals surface area contributed by atoms with Crippen LogP contribution in [0.1, 0.15) is 96.8 Å². The van der Waals surface area contributed by atoms with Crippen LogP contribution >= 0.6 is 0 Å². The van der Waals surface area contributed by atoms with E-state index in [2.05, 4.69) is 11.6 Å². The standard InChI is InChI=1S/C16H31BO2.Ag/c1-2-3-4-5-6-7-8-9-10-11-12-13-14-15-16(18)19-17;/h2-15H2,1H3;. The summed E-state index contributed by atoms with van der Waals surface area (Å²) >= 11 is 0. The van der Waals surface area contributed by atoms with Crippen LogP contribution < -0.4 is 0 Å². The van der Waals surface area contributed by atoms with Crippen LogP contribution in [0.3, 0.4) is 0 Å². The van der Waals surface area contributed by atoms with Crippen LogP contribution in [0.5, 0.6) is 0 Å². The van der Waals surface area contributed by atoms with Gasteiger partial charge < -0.3 is 4.65 Å². The van der Waals surface area contributed by atoms with Crippen LogP contribution in [0.25, 0.3) is 0 Å². The monoisotopic (exact) mass is 373 g/mol. The molecule has 0 aromatic rings. The first-order valence-electron chi connectivity index (χ1n) is 8.20. The summed E-state index contributed by atoms with van der Waals surface area (Å²) in [7, 11) is 4.77. The van der Waals surface area contributed by atoms with E-state index in [4.69, 9.17) is 8.05 Å². The van der Waals surface area contributed by atoms with Crippen molar-refractivity contribution < 1.29 is 31.8 Å². The van der Waals surface area contributed by atoms with Crippen molar-refractivity contribution in [2.24, 2.45) is 0 Å². The molecule has 0 aliphatic rings. The van der Waals surface area contributed by atoms with Crippen molar-refractivity contribution in [2.45, 2.75) is 96.8 Å². The van der Waals surface area contributed by atoms with E-state index >= 15 is 0 Å². The van der Waals surface area contributed by atoms with Crippen molar-refractivity contribution in [3.05, 3.63) is 0 Å². The molecule has 0 fully saturated rings. The molecule has 0 bridgehead atoms. The van der Waals surface area contributed by atoms with Crippen molar-refractivity contribution in [1.29, 1.82) is 0 Å². The van der Waals surface area contributed by atoms with Gasteiger partial charge in [-0.2, -0.15) is 0 Å². The molecule has 121 valence electrons. The van der Waals surface area contributed by atoms with E-state index in [9.17, 15) is 4.79 Å². The summed E-state index contributed by atoms with van der Waals surface area (Å²) in [5, 5.41) is 0. The number of carbonyl (C=O) groups is 1. The average Bonchev–Trinajstić information content (AvgIpc) is 2.43. The third-order valence-electron chi connectivity index (χ3n) is 3.62. The van der Waals surface area contributed by atoms with E-state index in [1.807, 2.05) is 0 Å². The molecule has 0 N–H and O–H groups in total. The van der Waals surface area contributed by atoms with Gasteiger partial charge in [0.2, 0.25) is 0 Å². The van der Waals surface area contributed by atoms with Crippen molar-refractivity contribution in [3.8, 4) is 0 Å². The minimum Gasteiger partial charge on any atom is -0.543 e. The average molecular weight is 374 g/mol. The predicted octanol–water partition coefficient (Wildman–Crippen LogP) is 5.09. The molecule has 4 heteroatoms. The van der Waals surface area contributed by atoms with Crippen LogP contribution in [0.15, 0.2) is 0 Å². The SMILES string of the molecule is [Ag].[B]OC(=O)CCCCCCCCCCCCCCC. The van der Waals surface area contributed by atoms with Gasteiger partial charge in [0.15, 0.2) is 0 Å². The molecule has 0 unspecified atom stereocenters. The molecule has 0 saturated heterocycles. The summed E-state index contributed by atoms with van der Waals surface area (Å²) in [5.41, 5.74) is 0. The second kappa shape index (κ2) is 19.3. The molecule has 20 heavy (non-hydrogen) atoms. The Bertz CT molecular complexity index is 201. The minimum absolute atomic E-state index is 0. The minimum atomic E-state index is -0.289. The first kappa shape index (κ1) is 22.6. The van der Waals surface area contributed by atoms with E-state index in [0.29, 0.717) is 6.42 Å². The molecule has 0 aliphatic heterocycles. The van der Waals surface area contributed by atoms with E-state index in [0.717, 1.165) is 12.8 Å². The molecule has 2 nitrogen and oxygen atoms in total. The van der Waals surface area contributed by atoms with Gasteiger partial charge in [-0.05, 0) is 6.42 Å². The topological polar surface area (TPSA) is 26.3 Å². The van der Waals surface area contributed by atoms with E-state index in [1.54, 1.807) is 0 Å². The Morgan fingerprint density at radius 1 is 0.750 bits per heavy atom. The van der Waals surface area contributed by atoms with Gasteiger partial charge >= 0.3 is 8.05 Å². The number of unbranched alkanes of at least 4 members (excludes halogenated alkanes) is 12. The largest absolute Gasteiger partial charge is 0.543 e. The number of hydrogen-bond donors (Lipinski definition) is 0. The summed E-state index contributed by atoms with van der Waals surface area (Å²) in [4.78, 5) is 10.8. The Morgan fingerprint density at radius 2 is 1.10 bits per heavy atom. The van der Waals surface area contributed by atoms with Crippen LogP contribution in [0.4, 0.5) is 0 Å². The number of rotatable bonds is 14. The molecule has 0 saturated carbocycles. The van der Waals surface area contributed by atoms with Gasteiger partial charge in [-0.15, -0.1) is 0 Å². The van der Waals surface area contributed by atoms with Gasteiger partial charge in [0.25, 0.3) is 5.97 Å². The van der Waals surface area contributed by atoms with Gasteiger partial charge in [0.1, 0.15) is 0 Å². The maximum absolute atomic E-state index is 10.8. The van der Waals surface area contributed by atoms with Gasteiger partial charge in [0.05, 0.1) is 0 Å². The maximum Gasteiger partial charge on any atom is 0.378 e. The van der Waals surface area contributed by atoms with Crippen LogP contribution in [0, 0.1) is 0 Å². The van der Waals surface area contributed by atoms with Gasteiger partial charge in [-0.3, -0.25) is 4.79 Å². The van der Waals surface area contributed by atoms with Crippen molar-refractivity contribution in [3.63, 3.8) is 0 Å². The Labute approximate surface area is 142 Å². The summed E-state index contributed by atoms with van der Waals surface area (Å²) in [6.45, 7) is 2.26. The molecule has 3 radical (unpaired) electrons. The predicted molar refractivity (Wildman–Crippen MR) is 82.2 cm³/mol. The third-order valence-corrected chi connectivity index (χ3v) is 3.62. The van der Waals surface area contributed by atoms with Gasteiger partial charge in [0, 0.05) is 28.8 Å². The van der Waals surface area contributed by atoms with Crippen molar-refractivity contribution in [2.75, 3.05) is 0 Å². The Morgan fingerprint density at radius 3 is 1.45 bits per heavy atom. The van der Waals surface area contributed by atoms with Crippen molar-refractivity contribution in [1.82, 2.24) is 0 Å². The fourth-order valence-corrected chi connectivity index (χ4v) is 2.35. The van der Waals surface area contributed by atoms with Crippen molar-refractivity contribution >= 4 is 14.0 Å². The molecule has 0 aromatic heterocycles. The molecular formula is C16H31AgBO2. The summed E-state index contributed by atoms with van der Waals surface area (Å²) in [6, 6.07) is 0. The quantitative estimate of drug-likeness (QED) is 0.313. The van der Waals surface area contributed by atoms with Crippen LogP contribution in [0.2, 0.25) is 0 Å². The van der Waals surface area contributed by atoms with Crippen LogP contribution in [-0.4, -0.2) is 14.0 Å². The Balaban J connectivity index is 0.